The fourth-order valence-electron chi connectivity index (χ4n) is 1.74. The SMILES string of the molecule is CCCS(=O)(=O)Nc1cc(C(C)(C)C)ccc1OC. The van der Waals surface area contributed by atoms with Gasteiger partial charge in [-0.1, -0.05) is 33.8 Å². The van der Waals surface area contributed by atoms with Crippen molar-refractivity contribution in [1.82, 2.24) is 0 Å². The van der Waals surface area contributed by atoms with Gasteiger partial charge in [0.25, 0.3) is 0 Å². The zero-order valence-electron chi connectivity index (χ0n) is 12.3. The molecule has 108 valence electrons. The van der Waals surface area contributed by atoms with Gasteiger partial charge in [-0.2, -0.15) is 0 Å². The third-order valence-electron chi connectivity index (χ3n) is 2.80. The predicted octanol–water partition coefficient (Wildman–Crippen LogP) is 3.14. The molecule has 5 heteroatoms. The van der Waals surface area contributed by atoms with Crippen LogP contribution in [0.1, 0.15) is 39.7 Å². The van der Waals surface area contributed by atoms with E-state index in [-0.39, 0.29) is 11.2 Å². The number of benzene rings is 1. The standard InChI is InChI=1S/C14H23NO3S/c1-6-9-19(16,17)15-12-10-11(14(2,3)4)7-8-13(12)18-5/h7-8,10,15H,6,9H2,1-5H3. The Bertz CT molecular complexity index is 530. The summed E-state index contributed by atoms with van der Waals surface area (Å²) >= 11 is 0. The van der Waals surface area contributed by atoms with Crippen molar-refractivity contribution in [2.75, 3.05) is 17.6 Å². The maximum Gasteiger partial charge on any atom is 0.232 e. The van der Waals surface area contributed by atoms with Gasteiger partial charge in [0.1, 0.15) is 5.75 Å². The Morgan fingerprint density at radius 1 is 1.26 bits per heavy atom. The molecule has 0 spiro atoms. The van der Waals surface area contributed by atoms with E-state index in [9.17, 15) is 8.42 Å². The van der Waals surface area contributed by atoms with Gasteiger partial charge in [-0.25, -0.2) is 8.42 Å². The molecule has 0 amide bonds. The van der Waals surface area contributed by atoms with Crippen LogP contribution >= 0.6 is 0 Å². The van der Waals surface area contributed by atoms with Gasteiger partial charge in [-0.15, -0.1) is 0 Å². The van der Waals surface area contributed by atoms with Crippen molar-refractivity contribution >= 4 is 15.7 Å². The summed E-state index contributed by atoms with van der Waals surface area (Å²) < 4.78 is 31.5. The Morgan fingerprint density at radius 2 is 1.89 bits per heavy atom. The van der Waals surface area contributed by atoms with E-state index >= 15 is 0 Å². The number of hydrogen-bond acceptors (Lipinski definition) is 3. The average molecular weight is 285 g/mol. The number of anilines is 1. The second-order valence-electron chi connectivity index (χ2n) is 5.59. The quantitative estimate of drug-likeness (QED) is 0.904. The predicted molar refractivity (Wildman–Crippen MR) is 79.4 cm³/mol. The average Bonchev–Trinajstić information content (AvgIpc) is 2.27. The zero-order valence-corrected chi connectivity index (χ0v) is 13.1. The smallest absolute Gasteiger partial charge is 0.232 e. The summed E-state index contributed by atoms with van der Waals surface area (Å²) in [5, 5.41) is 0. The molecule has 0 atom stereocenters. The highest BCUT2D eigenvalue weighted by molar-refractivity contribution is 7.92. The fraction of sp³-hybridized carbons (Fsp3) is 0.571. The van der Waals surface area contributed by atoms with E-state index in [1.165, 1.54) is 7.11 Å². The molecule has 0 heterocycles. The first-order valence-electron chi connectivity index (χ1n) is 6.38. The van der Waals surface area contributed by atoms with Crippen molar-refractivity contribution in [3.63, 3.8) is 0 Å². The number of rotatable bonds is 5. The van der Waals surface area contributed by atoms with Crippen LogP contribution in [-0.2, 0) is 15.4 Å². The number of methoxy groups -OCH3 is 1. The maximum absolute atomic E-state index is 11.9. The molecule has 0 fully saturated rings. The molecule has 0 aromatic heterocycles. The Balaban J connectivity index is 3.17. The molecular weight excluding hydrogens is 262 g/mol. The summed E-state index contributed by atoms with van der Waals surface area (Å²) in [5.74, 6) is 0.642. The molecule has 19 heavy (non-hydrogen) atoms. The highest BCUT2D eigenvalue weighted by Crippen LogP contribution is 2.32. The van der Waals surface area contributed by atoms with Crippen LogP contribution in [0.15, 0.2) is 18.2 Å². The lowest BCUT2D eigenvalue weighted by Crippen LogP contribution is -2.18. The summed E-state index contributed by atoms with van der Waals surface area (Å²) in [5.41, 5.74) is 1.52. The second-order valence-corrected chi connectivity index (χ2v) is 7.43. The minimum absolute atomic E-state index is 0.0444. The molecule has 4 nitrogen and oxygen atoms in total. The molecule has 1 aromatic carbocycles. The molecule has 0 unspecified atom stereocenters. The highest BCUT2D eigenvalue weighted by Gasteiger charge is 2.18. The van der Waals surface area contributed by atoms with E-state index in [1.807, 2.05) is 19.1 Å². The van der Waals surface area contributed by atoms with Crippen LogP contribution in [0.3, 0.4) is 0 Å². The first-order valence-corrected chi connectivity index (χ1v) is 8.04. The van der Waals surface area contributed by atoms with Crippen LogP contribution in [-0.4, -0.2) is 21.3 Å². The molecule has 0 radical (unpaired) electrons. The van der Waals surface area contributed by atoms with Crippen molar-refractivity contribution in [2.45, 2.75) is 39.5 Å². The van der Waals surface area contributed by atoms with E-state index in [0.29, 0.717) is 17.9 Å². The molecular formula is C14H23NO3S. The minimum atomic E-state index is -3.31. The Kier molecular flexibility index (Phi) is 4.85. The number of ether oxygens (including phenoxy) is 1. The Morgan fingerprint density at radius 3 is 2.37 bits per heavy atom. The van der Waals surface area contributed by atoms with Crippen molar-refractivity contribution in [3.8, 4) is 5.75 Å². The van der Waals surface area contributed by atoms with Crippen LogP contribution < -0.4 is 9.46 Å². The van der Waals surface area contributed by atoms with Crippen LogP contribution in [0.2, 0.25) is 0 Å². The van der Waals surface area contributed by atoms with Crippen LogP contribution in [0.25, 0.3) is 0 Å². The van der Waals surface area contributed by atoms with Crippen molar-refractivity contribution in [1.29, 1.82) is 0 Å². The first kappa shape index (κ1) is 15.8. The molecule has 0 aliphatic rings. The molecule has 0 aliphatic heterocycles. The van der Waals surface area contributed by atoms with Gasteiger partial charge >= 0.3 is 0 Å². The van der Waals surface area contributed by atoms with E-state index < -0.39 is 10.0 Å². The van der Waals surface area contributed by atoms with E-state index in [1.54, 1.807) is 6.07 Å². The van der Waals surface area contributed by atoms with Gasteiger partial charge in [-0.05, 0) is 29.5 Å². The Hall–Kier alpha value is -1.23. The number of sulfonamides is 1. The molecule has 0 aliphatic carbocycles. The first-order chi connectivity index (χ1) is 8.69. The fourth-order valence-corrected chi connectivity index (χ4v) is 2.88. The van der Waals surface area contributed by atoms with Crippen molar-refractivity contribution in [3.05, 3.63) is 23.8 Å². The number of nitrogens with one attached hydrogen (secondary N) is 1. The van der Waals surface area contributed by atoms with Gasteiger partial charge in [0.2, 0.25) is 10.0 Å². The molecule has 1 rings (SSSR count). The normalized spacial score (nSPS) is 12.3. The largest absolute Gasteiger partial charge is 0.495 e. The minimum Gasteiger partial charge on any atom is -0.495 e. The summed E-state index contributed by atoms with van der Waals surface area (Å²) in [4.78, 5) is 0. The van der Waals surface area contributed by atoms with E-state index in [0.717, 1.165) is 5.56 Å². The molecule has 1 N–H and O–H groups in total. The summed E-state index contributed by atoms with van der Waals surface area (Å²) in [6.45, 7) is 8.08. The van der Waals surface area contributed by atoms with E-state index in [4.69, 9.17) is 4.74 Å². The Labute approximate surface area is 116 Å². The van der Waals surface area contributed by atoms with Crippen LogP contribution in [0.4, 0.5) is 5.69 Å². The molecule has 0 saturated carbocycles. The van der Waals surface area contributed by atoms with Gasteiger partial charge in [-0.3, -0.25) is 4.72 Å². The number of hydrogen-bond donors (Lipinski definition) is 1. The van der Waals surface area contributed by atoms with Gasteiger partial charge in [0, 0.05) is 0 Å². The van der Waals surface area contributed by atoms with Gasteiger partial charge < -0.3 is 4.74 Å². The summed E-state index contributed by atoms with van der Waals surface area (Å²) in [6, 6.07) is 5.59. The molecule has 1 aromatic rings. The van der Waals surface area contributed by atoms with Crippen molar-refractivity contribution < 1.29 is 13.2 Å². The summed E-state index contributed by atoms with van der Waals surface area (Å²) in [7, 11) is -1.78. The van der Waals surface area contributed by atoms with Gasteiger partial charge in [0.05, 0.1) is 18.6 Å². The topological polar surface area (TPSA) is 55.4 Å². The summed E-state index contributed by atoms with van der Waals surface area (Å²) in [6.07, 6.45) is 0.580. The van der Waals surface area contributed by atoms with E-state index in [2.05, 4.69) is 25.5 Å². The van der Waals surface area contributed by atoms with Crippen LogP contribution in [0, 0.1) is 0 Å². The van der Waals surface area contributed by atoms with Crippen LogP contribution in [0.5, 0.6) is 5.75 Å². The third kappa shape index (κ3) is 4.42. The third-order valence-corrected chi connectivity index (χ3v) is 4.28. The highest BCUT2D eigenvalue weighted by atomic mass is 32.2. The monoisotopic (exact) mass is 285 g/mol. The zero-order chi connectivity index (χ0) is 14.7. The van der Waals surface area contributed by atoms with Crippen molar-refractivity contribution in [2.24, 2.45) is 0 Å². The molecule has 0 saturated heterocycles. The lowest BCUT2D eigenvalue weighted by Gasteiger charge is -2.21. The van der Waals surface area contributed by atoms with Gasteiger partial charge in [0.15, 0.2) is 0 Å². The lowest BCUT2D eigenvalue weighted by molar-refractivity contribution is 0.416. The lowest BCUT2D eigenvalue weighted by atomic mass is 9.87. The maximum atomic E-state index is 11.9. The second kappa shape index (κ2) is 5.82. The molecule has 0 bridgehead atoms.